The van der Waals surface area contributed by atoms with Crippen LogP contribution in [-0.2, 0) is 19.3 Å². The Bertz CT molecular complexity index is 330. The van der Waals surface area contributed by atoms with Gasteiger partial charge in [0.15, 0.2) is 0 Å². The summed E-state index contributed by atoms with van der Waals surface area (Å²) in [4.78, 5) is 10.8. The van der Waals surface area contributed by atoms with Crippen LogP contribution in [0, 0.1) is 0 Å². The second-order valence-corrected chi connectivity index (χ2v) is 4.00. The summed E-state index contributed by atoms with van der Waals surface area (Å²) in [5.74, 6) is -0.428. The Balaban J connectivity index is 2.70. The molecule has 0 saturated heterocycles. The maximum Gasteiger partial charge on any atom is 0.409 e. The van der Waals surface area contributed by atoms with Crippen LogP contribution in [0.15, 0.2) is 11.8 Å². The van der Waals surface area contributed by atoms with Gasteiger partial charge in [0.25, 0.3) is 5.91 Å². The highest BCUT2D eigenvalue weighted by Gasteiger charge is 2.22. The van der Waals surface area contributed by atoms with Crippen molar-refractivity contribution in [3.8, 4) is 0 Å². The molecule has 6 heteroatoms. The van der Waals surface area contributed by atoms with Gasteiger partial charge >= 0.3 is 10.3 Å². The number of hydrogen-bond acceptors (Lipinski definition) is 4. The van der Waals surface area contributed by atoms with E-state index in [1.165, 1.54) is 0 Å². The molecule has 74 valence electrons. The zero-order chi connectivity index (χ0) is 9.90. The summed E-state index contributed by atoms with van der Waals surface area (Å²) in [6.07, 6.45) is 3.36. The molecule has 0 saturated carbocycles. The molecule has 1 amide bonds. The zero-order valence-corrected chi connectivity index (χ0v) is 8.06. The minimum atomic E-state index is -3.88. The van der Waals surface area contributed by atoms with E-state index in [1.807, 2.05) is 6.92 Å². The standard InChI is InChI=1S/C7H11NO4S/c1-2-3-4-6-5-7(9)8-13(10,11)12-6/h5H,2-4H2,1H3,(H,8,9). The van der Waals surface area contributed by atoms with Gasteiger partial charge in [-0.15, -0.1) is 0 Å². The highest BCUT2D eigenvalue weighted by molar-refractivity contribution is 7.85. The second-order valence-electron chi connectivity index (χ2n) is 2.72. The van der Waals surface area contributed by atoms with Gasteiger partial charge in [0.1, 0.15) is 5.76 Å². The Labute approximate surface area is 77.0 Å². The van der Waals surface area contributed by atoms with Crippen LogP contribution in [0.4, 0.5) is 0 Å². The van der Waals surface area contributed by atoms with E-state index in [1.54, 1.807) is 4.72 Å². The maximum absolute atomic E-state index is 10.8. The van der Waals surface area contributed by atoms with Crippen molar-refractivity contribution in [3.05, 3.63) is 11.8 Å². The molecule has 0 aromatic carbocycles. The normalized spacial score (nSPS) is 20.1. The van der Waals surface area contributed by atoms with Crippen molar-refractivity contribution in [3.63, 3.8) is 0 Å². The van der Waals surface area contributed by atoms with Crippen molar-refractivity contribution >= 4 is 16.2 Å². The van der Waals surface area contributed by atoms with Gasteiger partial charge in [-0.25, -0.2) is 4.72 Å². The van der Waals surface area contributed by atoms with Crippen LogP contribution in [0.5, 0.6) is 0 Å². The molecule has 0 aromatic heterocycles. The van der Waals surface area contributed by atoms with Gasteiger partial charge in [-0.2, -0.15) is 8.42 Å². The SMILES string of the molecule is CCCCC1=CC(=O)NS(=O)(=O)O1. The van der Waals surface area contributed by atoms with E-state index in [9.17, 15) is 13.2 Å². The van der Waals surface area contributed by atoms with Crippen LogP contribution < -0.4 is 4.72 Å². The maximum atomic E-state index is 10.8. The van der Waals surface area contributed by atoms with Gasteiger partial charge in [0.2, 0.25) is 0 Å². The second kappa shape index (κ2) is 3.78. The van der Waals surface area contributed by atoms with E-state index in [2.05, 4.69) is 4.18 Å². The number of unbranched alkanes of at least 4 members (excludes halogenated alkanes) is 1. The molecule has 0 radical (unpaired) electrons. The quantitative estimate of drug-likeness (QED) is 0.726. The molecule has 0 aliphatic carbocycles. The van der Waals surface area contributed by atoms with Crippen molar-refractivity contribution in [1.82, 2.24) is 4.72 Å². The minimum Gasteiger partial charge on any atom is -0.371 e. The molecule has 0 fully saturated rings. The molecular weight excluding hydrogens is 194 g/mol. The number of nitrogens with one attached hydrogen (secondary N) is 1. The molecular formula is C7H11NO4S. The van der Waals surface area contributed by atoms with Gasteiger partial charge in [0, 0.05) is 12.5 Å². The van der Waals surface area contributed by atoms with E-state index in [-0.39, 0.29) is 5.76 Å². The van der Waals surface area contributed by atoms with Crippen LogP contribution in [0.2, 0.25) is 0 Å². The molecule has 0 aromatic rings. The fourth-order valence-corrected chi connectivity index (χ4v) is 1.71. The minimum absolute atomic E-state index is 0.214. The largest absolute Gasteiger partial charge is 0.409 e. The summed E-state index contributed by atoms with van der Waals surface area (Å²) >= 11 is 0. The third-order valence-corrected chi connectivity index (χ3v) is 2.40. The first-order valence-corrected chi connectivity index (χ1v) is 5.41. The summed E-state index contributed by atoms with van der Waals surface area (Å²) in [7, 11) is -3.88. The lowest BCUT2D eigenvalue weighted by atomic mass is 10.2. The van der Waals surface area contributed by atoms with E-state index < -0.39 is 16.2 Å². The number of allylic oxidation sites excluding steroid dienone is 1. The number of rotatable bonds is 3. The molecule has 0 spiro atoms. The Hall–Kier alpha value is -1.04. The van der Waals surface area contributed by atoms with Crippen LogP contribution >= 0.6 is 0 Å². The van der Waals surface area contributed by atoms with E-state index in [0.717, 1.165) is 18.9 Å². The van der Waals surface area contributed by atoms with E-state index in [4.69, 9.17) is 0 Å². The highest BCUT2D eigenvalue weighted by Crippen LogP contribution is 2.14. The smallest absolute Gasteiger partial charge is 0.371 e. The first-order chi connectivity index (χ1) is 6.03. The van der Waals surface area contributed by atoms with E-state index >= 15 is 0 Å². The number of hydrogen-bond donors (Lipinski definition) is 1. The van der Waals surface area contributed by atoms with E-state index in [0.29, 0.717) is 6.42 Å². The summed E-state index contributed by atoms with van der Waals surface area (Å²) in [5.41, 5.74) is 0. The van der Waals surface area contributed by atoms with Gasteiger partial charge in [-0.05, 0) is 6.42 Å². The van der Waals surface area contributed by atoms with Crippen molar-refractivity contribution in [1.29, 1.82) is 0 Å². The molecule has 0 unspecified atom stereocenters. The van der Waals surface area contributed by atoms with Crippen LogP contribution in [0.3, 0.4) is 0 Å². The Morgan fingerprint density at radius 3 is 2.77 bits per heavy atom. The van der Waals surface area contributed by atoms with Crippen LogP contribution in [-0.4, -0.2) is 14.3 Å². The summed E-state index contributed by atoms with van der Waals surface area (Å²) < 4.78 is 27.9. The zero-order valence-electron chi connectivity index (χ0n) is 7.24. The Morgan fingerprint density at radius 2 is 2.23 bits per heavy atom. The van der Waals surface area contributed by atoms with Crippen molar-refractivity contribution in [2.45, 2.75) is 26.2 Å². The molecule has 1 aliphatic rings. The monoisotopic (exact) mass is 205 g/mol. The molecule has 1 aliphatic heterocycles. The first kappa shape index (κ1) is 10.0. The molecule has 0 atom stereocenters. The van der Waals surface area contributed by atoms with Crippen molar-refractivity contribution < 1.29 is 17.4 Å². The van der Waals surface area contributed by atoms with Crippen LogP contribution in [0.25, 0.3) is 0 Å². The average molecular weight is 205 g/mol. The van der Waals surface area contributed by atoms with Gasteiger partial charge in [-0.1, -0.05) is 13.3 Å². The summed E-state index contributed by atoms with van der Waals surface area (Å²) in [6, 6.07) is 0. The lowest BCUT2D eigenvalue weighted by Gasteiger charge is -2.14. The molecule has 5 nitrogen and oxygen atoms in total. The molecule has 1 N–H and O–H groups in total. The summed E-state index contributed by atoms with van der Waals surface area (Å²) in [6.45, 7) is 1.97. The lowest BCUT2D eigenvalue weighted by molar-refractivity contribution is -0.115. The first-order valence-electron chi connectivity index (χ1n) is 4.00. The number of carbonyl (C=O) groups excluding carboxylic acids is 1. The van der Waals surface area contributed by atoms with Gasteiger partial charge in [0.05, 0.1) is 0 Å². The third-order valence-electron chi connectivity index (χ3n) is 1.51. The highest BCUT2D eigenvalue weighted by atomic mass is 32.2. The molecule has 13 heavy (non-hydrogen) atoms. The topological polar surface area (TPSA) is 72.5 Å². The molecule has 1 heterocycles. The van der Waals surface area contributed by atoms with Crippen molar-refractivity contribution in [2.24, 2.45) is 0 Å². The predicted octanol–water partition coefficient (Wildman–Crippen LogP) is 0.452. The lowest BCUT2D eigenvalue weighted by Crippen LogP contribution is -2.34. The summed E-state index contributed by atoms with van der Waals surface area (Å²) in [5, 5.41) is 0. The molecule has 0 bridgehead atoms. The predicted molar refractivity (Wildman–Crippen MR) is 45.8 cm³/mol. The number of amides is 1. The molecule has 1 rings (SSSR count). The average Bonchev–Trinajstić information content (AvgIpc) is 1.97. The fraction of sp³-hybridized carbons (Fsp3) is 0.571. The van der Waals surface area contributed by atoms with Gasteiger partial charge in [-0.3, -0.25) is 4.79 Å². The third kappa shape index (κ3) is 3.06. The fourth-order valence-electron chi connectivity index (χ4n) is 0.950. The number of carbonyl (C=O) groups is 1. The Morgan fingerprint density at radius 1 is 1.54 bits per heavy atom. The van der Waals surface area contributed by atoms with Crippen LogP contribution in [0.1, 0.15) is 26.2 Å². The van der Waals surface area contributed by atoms with Crippen molar-refractivity contribution in [2.75, 3.05) is 0 Å². The van der Waals surface area contributed by atoms with Gasteiger partial charge < -0.3 is 4.18 Å². The Kier molecular flexibility index (Phi) is 2.92.